The molecule has 4 rings (SSSR count). The van der Waals surface area contributed by atoms with Crippen LogP contribution in [-0.4, -0.2) is 70.6 Å². The summed E-state index contributed by atoms with van der Waals surface area (Å²) in [6.45, 7) is 12.6. The number of ether oxygens (including phenoxy) is 6. The molecule has 6 atom stereocenters. The zero-order valence-electron chi connectivity index (χ0n) is 29.8. The van der Waals surface area contributed by atoms with Crippen molar-refractivity contribution >= 4 is 20.3 Å². The lowest BCUT2D eigenvalue weighted by Crippen LogP contribution is -2.62. The summed E-state index contributed by atoms with van der Waals surface area (Å²) >= 11 is 0. The SMILES string of the molecule is COC(=O)[C@@H](C[C@H]1O[C@H](COC(C)=O)[C@@H](OCc2ccccc2)[C@H](OCc2ccccc2)[C@H]1OCc1ccccc1)O[Si](C)(C)C(C)(C)C. The summed E-state index contributed by atoms with van der Waals surface area (Å²) < 4.78 is 44.3. The third kappa shape index (κ3) is 11.3. The van der Waals surface area contributed by atoms with Gasteiger partial charge in [0.15, 0.2) is 8.32 Å². The maximum atomic E-state index is 13.3. The molecule has 0 aliphatic carbocycles. The fourth-order valence-corrected chi connectivity index (χ4v) is 6.73. The first-order chi connectivity index (χ1) is 23.4. The maximum absolute atomic E-state index is 13.3. The Morgan fingerprint density at radius 2 is 1.14 bits per heavy atom. The summed E-state index contributed by atoms with van der Waals surface area (Å²) in [4.78, 5) is 25.4. The Balaban J connectivity index is 1.75. The van der Waals surface area contributed by atoms with Gasteiger partial charge in [-0.15, -0.1) is 0 Å². The number of carbonyl (C=O) groups is 2. The van der Waals surface area contributed by atoms with Crippen molar-refractivity contribution in [3.05, 3.63) is 108 Å². The predicted octanol–water partition coefficient (Wildman–Crippen LogP) is 7.03. The quantitative estimate of drug-likeness (QED) is 0.116. The van der Waals surface area contributed by atoms with E-state index in [9.17, 15) is 9.59 Å². The molecular formula is C39H52O9Si. The Labute approximate surface area is 292 Å². The third-order valence-electron chi connectivity index (χ3n) is 9.19. The van der Waals surface area contributed by atoms with Gasteiger partial charge in [0.1, 0.15) is 37.1 Å². The average molecular weight is 693 g/mol. The van der Waals surface area contributed by atoms with Gasteiger partial charge in [0, 0.05) is 13.3 Å². The zero-order valence-corrected chi connectivity index (χ0v) is 30.8. The second-order valence-corrected chi connectivity index (χ2v) is 18.7. The lowest BCUT2D eigenvalue weighted by atomic mass is 9.91. The highest BCUT2D eigenvalue weighted by Crippen LogP contribution is 2.39. The molecular weight excluding hydrogens is 641 g/mol. The van der Waals surface area contributed by atoms with E-state index in [1.807, 2.05) is 91.0 Å². The second-order valence-electron chi connectivity index (χ2n) is 13.9. The molecule has 0 amide bonds. The smallest absolute Gasteiger partial charge is 0.333 e. The van der Waals surface area contributed by atoms with E-state index >= 15 is 0 Å². The van der Waals surface area contributed by atoms with Crippen LogP contribution in [0.5, 0.6) is 0 Å². The van der Waals surface area contributed by atoms with Crippen LogP contribution in [0.25, 0.3) is 0 Å². The minimum atomic E-state index is -2.43. The van der Waals surface area contributed by atoms with Crippen molar-refractivity contribution in [2.24, 2.45) is 0 Å². The molecule has 0 bridgehead atoms. The van der Waals surface area contributed by atoms with Gasteiger partial charge in [-0.2, -0.15) is 0 Å². The molecule has 1 heterocycles. The Morgan fingerprint density at radius 3 is 1.55 bits per heavy atom. The number of carbonyl (C=O) groups excluding carboxylic acids is 2. The molecule has 0 aromatic heterocycles. The predicted molar refractivity (Wildman–Crippen MR) is 189 cm³/mol. The summed E-state index contributed by atoms with van der Waals surface area (Å²) in [6.07, 6.45) is -4.32. The van der Waals surface area contributed by atoms with E-state index < -0.39 is 56.9 Å². The number of benzene rings is 3. The number of esters is 2. The molecule has 1 saturated heterocycles. The Morgan fingerprint density at radius 1 is 0.714 bits per heavy atom. The van der Waals surface area contributed by atoms with Crippen LogP contribution in [0.2, 0.25) is 18.1 Å². The highest BCUT2D eigenvalue weighted by Gasteiger charge is 2.51. The van der Waals surface area contributed by atoms with Gasteiger partial charge in [-0.3, -0.25) is 4.79 Å². The third-order valence-corrected chi connectivity index (χ3v) is 13.7. The minimum absolute atomic E-state index is 0.0755. The first-order valence-electron chi connectivity index (χ1n) is 16.9. The van der Waals surface area contributed by atoms with E-state index in [1.54, 1.807) is 0 Å². The van der Waals surface area contributed by atoms with E-state index in [-0.39, 0.29) is 37.9 Å². The molecule has 3 aromatic carbocycles. The van der Waals surface area contributed by atoms with E-state index in [4.69, 9.17) is 32.8 Å². The molecule has 10 heteroatoms. The van der Waals surface area contributed by atoms with E-state index in [0.717, 1.165) is 16.7 Å². The van der Waals surface area contributed by atoms with E-state index in [1.165, 1.54) is 14.0 Å². The van der Waals surface area contributed by atoms with Gasteiger partial charge < -0.3 is 32.8 Å². The zero-order chi connectivity index (χ0) is 35.4. The molecule has 1 aliphatic heterocycles. The summed E-state index contributed by atoms with van der Waals surface area (Å²) in [7, 11) is -1.07. The average Bonchev–Trinajstić information content (AvgIpc) is 3.08. The van der Waals surface area contributed by atoms with Crippen molar-refractivity contribution in [3.8, 4) is 0 Å². The first kappa shape index (κ1) is 38.4. The molecule has 9 nitrogen and oxygen atoms in total. The summed E-state index contributed by atoms with van der Waals surface area (Å²) in [5, 5.41) is -0.161. The minimum Gasteiger partial charge on any atom is -0.467 e. The number of hydrogen-bond acceptors (Lipinski definition) is 9. The Bertz CT molecular complexity index is 1430. The Kier molecular flexibility index (Phi) is 14.1. The van der Waals surface area contributed by atoms with Gasteiger partial charge in [0.25, 0.3) is 0 Å². The molecule has 1 fully saturated rings. The molecule has 49 heavy (non-hydrogen) atoms. The van der Waals surface area contributed by atoms with Gasteiger partial charge in [-0.05, 0) is 34.8 Å². The molecule has 266 valence electrons. The standard InChI is InChI=1S/C39H52O9Si/c1-28(40)43-27-34-36(45-25-30-19-13-9-14-20-30)37(46-26-31-21-15-10-16-22-31)35(44-24-29-17-11-8-12-18-29)32(47-34)23-33(38(41)42-5)48-49(6,7)39(2,3)4/h8-22,32-37H,23-27H2,1-7H3/t32-,33-,34-,35+,36-,37-/m1/s1. The van der Waals surface area contributed by atoms with Crippen molar-refractivity contribution in [2.45, 2.75) is 109 Å². The number of methoxy groups -OCH3 is 1. The first-order valence-corrected chi connectivity index (χ1v) is 19.8. The van der Waals surface area contributed by atoms with Gasteiger partial charge in [-0.25, -0.2) is 4.79 Å². The second kappa shape index (κ2) is 18.0. The van der Waals surface area contributed by atoms with Crippen molar-refractivity contribution < 1.29 is 42.4 Å². The van der Waals surface area contributed by atoms with Crippen LogP contribution >= 0.6 is 0 Å². The highest BCUT2D eigenvalue weighted by atomic mass is 28.4. The van der Waals surface area contributed by atoms with Crippen molar-refractivity contribution in [3.63, 3.8) is 0 Å². The highest BCUT2D eigenvalue weighted by molar-refractivity contribution is 6.74. The maximum Gasteiger partial charge on any atom is 0.333 e. The monoisotopic (exact) mass is 692 g/mol. The fourth-order valence-electron chi connectivity index (χ4n) is 5.47. The van der Waals surface area contributed by atoms with Crippen molar-refractivity contribution in [1.82, 2.24) is 0 Å². The van der Waals surface area contributed by atoms with Gasteiger partial charge in [0.05, 0.1) is 33.0 Å². The Hall–Kier alpha value is -3.38. The molecule has 3 aromatic rings. The van der Waals surface area contributed by atoms with Crippen LogP contribution < -0.4 is 0 Å². The van der Waals surface area contributed by atoms with Crippen LogP contribution in [0.3, 0.4) is 0 Å². The largest absolute Gasteiger partial charge is 0.467 e. The molecule has 1 aliphatic rings. The van der Waals surface area contributed by atoms with Crippen LogP contribution in [0.4, 0.5) is 0 Å². The lowest BCUT2D eigenvalue weighted by Gasteiger charge is -2.47. The lowest BCUT2D eigenvalue weighted by molar-refractivity contribution is -0.274. The van der Waals surface area contributed by atoms with Crippen LogP contribution in [-0.2, 0) is 62.3 Å². The van der Waals surface area contributed by atoms with Crippen LogP contribution in [0, 0.1) is 0 Å². The van der Waals surface area contributed by atoms with Gasteiger partial charge in [0.2, 0.25) is 0 Å². The van der Waals surface area contributed by atoms with Crippen molar-refractivity contribution in [2.75, 3.05) is 13.7 Å². The van der Waals surface area contributed by atoms with Gasteiger partial charge in [-0.1, -0.05) is 112 Å². The summed E-state index contributed by atoms with van der Waals surface area (Å²) in [5.41, 5.74) is 2.90. The molecule has 0 unspecified atom stereocenters. The normalized spacial score (nSPS) is 21.9. The fraction of sp³-hybridized carbons (Fsp3) is 0.487. The summed E-state index contributed by atoms with van der Waals surface area (Å²) in [5.74, 6) is -0.934. The number of rotatable bonds is 16. The topological polar surface area (TPSA) is 98.8 Å². The molecule has 0 N–H and O–H groups in total. The van der Waals surface area contributed by atoms with Crippen LogP contribution in [0.15, 0.2) is 91.0 Å². The number of hydrogen-bond donors (Lipinski definition) is 0. The molecule has 0 spiro atoms. The van der Waals surface area contributed by atoms with Gasteiger partial charge >= 0.3 is 11.9 Å². The summed E-state index contributed by atoms with van der Waals surface area (Å²) in [6, 6.07) is 29.5. The molecule has 0 saturated carbocycles. The molecule has 0 radical (unpaired) electrons. The van der Waals surface area contributed by atoms with Crippen molar-refractivity contribution in [1.29, 1.82) is 0 Å². The van der Waals surface area contributed by atoms with Crippen LogP contribution in [0.1, 0.15) is 50.8 Å². The van der Waals surface area contributed by atoms with E-state index in [2.05, 4.69) is 33.9 Å². The van der Waals surface area contributed by atoms with E-state index in [0.29, 0.717) is 0 Å².